The van der Waals surface area contributed by atoms with Crippen molar-refractivity contribution in [3.05, 3.63) is 256 Å². The number of allylic oxidation sites excluding steroid dienone is 8. The van der Waals surface area contributed by atoms with Crippen LogP contribution in [-0.2, 0) is 23.7 Å². The van der Waals surface area contributed by atoms with Crippen molar-refractivity contribution in [1.82, 2.24) is 0 Å². The van der Waals surface area contributed by atoms with Gasteiger partial charge in [-0.2, -0.15) is 0 Å². The molecule has 1 atom stereocenters. The number of benzene rings is 9. The van der Waals surface area contributed by atoms with Gasteiger partial charge in [-0.3, -0.25) is 0 Å². The van der Waals surface area contributed by atoms with Gasteiger partial charge >= 0.3 is 0 Å². The Morgan fingerprint density at radius 2 is 1.06 bits per heavy atom. The van der Waals surface area contributed by atoms with Crippen LogP contribution in [0.25, 0.3) is 54.9 Å². The Balaban J connectivity index is 1.04. The molecule has 6 aliphatic rings. The van der Waals surface area contributed by atoms with Gasteiger partial charge in [0.15, 0.2) is 0 Å². The summed E-state index contributed by atoms with van der Waals surface area (Å²) >= 11 is 0. The quantitative estimate of drug-likeness (QED) is 0.162. The molecule has 2 aliphatic heterocycles. The predicted molar refractivity (Wildman–Crippen MR) is 303 cm³/mol. The van der Waals surface area contributed by atoms with E-state index in [0.29, 0.717) is 5.92 Å². The van der Waals surface area contributed by atoms with Crippen molar-refractivity contribution in [3.8, 4) is 22.3 Å². The number of anilines is 5. The summed E-state index contributed by atoms with van der Waals surface area (Å²) in [6.07, 6.45) is 14.7. The molecule has 0 bridgehead atoms. The summed E-state index contributed by atoms with van der Waals surface area (Å²) in [7, 11) is 0. The summed E-state index contributed by atoms with van der Waals surface area (Å²) in [5.41, 5.74) is 28.2. The Kier molecular flexibility index (Phi) is 8.87. The second kappa shape index (κ2) is 15.3. The van der Waals surface area contributed by atoms with Crippen molar-refractivity contribution in [2.24, 2.45) is 5.92 Å². The fourth-order valence-electron chi connectivity index (χ4n) is 14.3. The van der Waals surface area contributed by atoms with Gasteiger partial charge < -0.3 is 9.80 Å². The summed E-state index contributed by atoms with van der Waals surface area (Å²) in [6, 6.07) is 67.7. The molecule has 0 N–H and O–H groups in total. The van der Waals surface area contributed by atoms with Crippen molar-refractivity contribution >= 4 is 61.1 Å². The van der Waals surface area contributed by atoms with Crippen LogP contribution < -0.4 is 9.80 Å². The number of nitrogens with zero attached hydrogens (tertiary/aromatic N) is 2. The Bertz CT molecular complexity index is 3930. The number of fused-ring (bicyclic) bond motifs is 11. The first-order valence-corrected chi connectivity index (χ1v) is 26.2. The molecule has 0 saturated carbocycles. The van der Waals surface area contributed by atoms with Gasteiger partial charge in [-0.15, -0.1) is 0 Å². The highest BCUT2D eigenvalue weighted by atomic mass is 15.2. The zero-order valence-corrected chi connectivity index (χ0v) is 41.6. The Morgan fingerprint density at radius 3 is 1.79 bits per heavy atom. The van der Waals surface area contributed by atoms with Gasteiger partial charge in [0.05, 0.1) is 0 Å². The summed E-state index contributed by atoms with van der Waals surface area (Å²) in [5, 5.41) is 5.19. The largest absolute Gasteiger partial charge is 0.314 e. The van der Waals surface area contributed by atoms with Gasteiger partial charge in [0.1, 0.15) is 0 Å². The number of hydrogen-bond donors (Lipinski definition) is 0. The Hall–Kier alpha value is -7.94. The van der Waals surface area contributed by atoms with Crippen molar-refractivity contribution < 1.29 is 0 Å². The van der Waals surface area contributed by atoms with Gasteiger partial charge in [0.2, 0.25) is 0 Å². The molecule has 346 valence electrons. The lowest BCUT2D eigenvalue weighted by molar-refractivity contribution is 0.418. The van der Waals surface area contributed by atoms with Gasteiger partial charge in [-0.1, -0.05) is 179 Å². The van der Waals surface area contributed by atoms with Crippen LogP contribution in [0.5, 0.6) is 0 Å². The summed E-state index contributed by atoms with van der Waals surface area (Å²) < 4.78 is 0. The average Bonchev–Trinajstić information content (AvgIpc) is 3.79. The van der Waals surface area contributed by atoms with E-state index >= 15 is 0 Å². The average molecular weight is 925 g/mol. The fraction of sp³-hybridized carbons (Fsp3) is 0.171. The SMILES string of the molecule is CC1(C)c2ccccc2-c2ccc(-c3c4ccc(N5C6=C(C=CCC6)Cc6ccccc65)cc4c(C4=CC=C5c6ccccc6C(C)(C)C5C4)c4ccc(N5c6ccccc6Cc6ccccc65)cc34)cc21. The highest BCUT2D eigenvalue weighted by Crippen LogP contribution is 2.58. The zero-order chi connectivity index (χ0) is 48.0. The molecule has 4 aliphatic carbocycles. The normalized spacial score (nSPS) is 18.4. The minimum Gasteiger partial charge on any atom is -0.314 e. The molecule has 9 aromatic rings. The van der Waals surface area contributed by atoms with Crippen LogP contribution in [0.2, 0.25) is 0 Å². The third-order valence-electron chi connectivity index (χ3n) is 17.8. The molecular formula is C70H56N2. The standard InChI is InChI=1S/C70H56N2/c1-69(2)59-23-11-9-21-51(59)53-33-29-47(39-61(53)69)67-55-35-31-50(72-65-27-15-7-19-45(65)38-46-20-8-16-28-66(46)72)42-58(55)68(48-30-34-54-52-22-10-12-24-60(52)70(3,4)62(54)40-48)56-36-32-49(41-57(56)67)71-63-25-13-5-17-43(63)37-44-18-6-14-26-64(44)71/h5-15,17-27,29-36,39,41-42,62H,16,28,37-38,40H2,1-4H3. The van der Waals surface area contributed by atoms with E-state index in [1.807, 2.05) is 0 Å². The molecular weight excluding hydrogens is 869 g/mol. The molecule has 0 spiro atoms. The molecule has 0 saturated heterocycles. The van der Waals surface area contributed by atoms with Crippen LogP contribution in [0.4, 0.5) is 28.4 Å². The fourth-order valence-corrected chi connectivity index (χ4v) is 14.3. The molecule has 0 fully saturated rings. The van der Waals surface area contributed by atoms with Crippen LogP contribution in [0, 0.1) is 5.92 Å². The van der Waals surface area contributed by atoms with E-state index in [-0.39, 0.29) is 10.8 Å². The first-order chi connectivity index (χ1) is 35.2. The molecule has 72 heavy (non-hydrogen) atoms. The van der Waals surface area contributed by atoms with Crippen LogP contribution in [0.1, 0.15) is 91.5 Å². The summed E-state index contributed by atoms with van der Waals surface area (Å²) in [4.78, 5) is 5.13. The summed E-state index contributed by atoms with van der Waals surface area (Å²) in [6.45, 7) is 9.78. The molecule has 0 radical (unpaired) electrons. The van der Waals surface area contributed by atoms with Crippen molar-refractivity contribution in [3.63, 3.8) is 0 Å². The third kappa shape index (κ3) is 5.90. The lowest BCUT2D eigenvalue weighted by atomic mass is 9.71. The lowest BCUT2D eigenvalue weighted by Gasteiger charge is -2.37. The molecule has 2 heteroatoms. The van der Waals surface area contributed by atoms with Gasteiger partial charge in [0, 0.05) is 52.4 Å². The van der Waals surface area contributed by atoms with E-state index in [1.165, 1.54) is 139 Å². The second-order valence-electron chi connectivity index (χ2n) is 22.3. The first kappa shape index (κ1) is 41.8. The van der Waals surface area contributed by atoms with E-state index < -0.39 is 0 Å². The topological polar surface area (TPSA) is 6.48 Å². The first-order valence-electron chi connectivity index (χ1n) is 26.2. The zero-order valence-electron chi connectivity index (χ0n) is 41.6. The van der Waals surface area contributed by atoms with Crippen molar-refractivity contribution in [2.45, 2.75) is 70.6 Å². The van der Waals surface area contributed by atoms with Gasteiger partial charge in [0.25, 0.3) is 0 Å². The molecule has 9 aromatic carbocycles. The smallest absolute Gasteiger partial charge is 0.0497 e. The minimum atomic E-state index is -0.142. The number of para-hydroxylation sites is 3. The highest BCUT2D eigenvalue weighted by molar-refractivity contribution is 6.21. The van der Waals surface area contributed by atoms with E-state index in [1.54, 1.807) is 0 Å². The van der Waals surface area contributed by atoms with E-state index in [4.69, 9.17) is 0 Å². The molecule has 2 heterocycles. The maximum Gasteiger partial charge on any atom is 0.0497 e. The molecule has 1 unspecified atom stereocenters. The van der Waals surface area contributed by atoms with Crippen LogP contribution >= 0.6 is 0 Å². The minimum absolute atomic E-state index is 0.00938. The third-order valence-corrected chi connectivity index (χ3v) is 17.8. The Morgan fingerprint density at radius 1 is 0.472 bits per heavy atom. The van der Waals surface area contributed by atoms with E-state index in [9.17, 15) is 0 Å². The second-order valence-corrected chi connectivity index (χ2v) is 22.3. The number of hydrogen-bond acceptors (Lipinski definition) is 2. The molecule has 0 amide bonds. The van der Waals surface area contributed by atoms with Gasteiger partial charge in [-0.05, 0) is 184 Å². The maximum absolute atomic E-state index is 2.61. The van der Waals surface area contributed by atoms with Crippen LogP contribution in [0.3, 0.4) is 0 Å². The van der Waals surface area contributed by atoms with E-state index in [0.717, 1.165) is 32.1 Å². The molecule has 0 aromatic heterocycles. The lowest BCUT2D eigenvalue weighted by Crippen LogP contribution is -2.25. The molecule has 2 nitrogen and oxygen atoms in total. The molecule has 15 rings (SSSR count). The maximum atomic E-state index is 2.61. The monoisotopic (exact) mass is 924 g/mol. The van der Waals surface area contributed by atoms with Crippen LogP contribution in [0.15, 0.2) is 211 Å². The van der Waals surface area contributed by atoms with Crippen LogP contribution in [-0.4, -0.2) is 0 Å². The number of rotatable bonds is 4. The van der Waals surface area contributed by atoms with Crippen molar-refractivity contribution in [1.29, 1.82) is 0 Å². The highest BCUT2D eigenvalue weighted by Gasteiger charge is 2.44. The Labute approximate surface area is 423 Å². The van der Waals surface area contributed by atoms with Gasteiger partial charge in [-0.25, -0.2) is 0 Å². The van der Waals surface area contributed by atoms with E-state index in [2.05, 4.69) is 238 Å². The predicted octanol–water partition coefficient (Wildman–Crippen LogP) is 18.4. The van der Waals surface area contributed by atoms with Crippen molar-refractivity contribution in [2.75, 3.05) is 9.80 Å². The summed E-state index contributed by atoms with van der Waals surface area (Å²) in [5.74, 6) is 0.361.